The van der Waals surface area contributed by atoms with Gasteiger partial charge in [0.25, 0.3) is 0 Å². The number of halogens is 5. The second kappa shape index (κ2) is 10.7. The van der Waals surface area contributed by atoms with Crippen molar-refractivity contribution in [3.63, 3.8) is 0 Å². The van der Waals surface area contributed by atoms with Crippen LogP contribution in [-0.4, -0.2) is 53.1 Å². The zero-order valence-corrected chi connectivity index (χ0v) is 24.7. The number of anilines is 2. The number of rotatable bonds is 6. The maximum absolute atomic E-state index is 16.7. The Morgan fingerprint density at radius 1 is 1.25 bits per heavy atom. The molecule has 6 rings (SSSR count). The molecule has 2 N–H and O–H groups in total. The summed E-state index contributed by atoms with van der Waals surface area (Å²) in [6.45, 7) is 4.46. The van der Waals surface area contributed by atoms with E-state index >= 15 is 4.39 Å². The molecule has 1 amide bonds. The van der Waals surface area contributed by atoms with Crippen molar-refractivity contribution in [1.29, 1.82) is 5.26 Å². The molecule has 1 aliphatic heterocycles. The average molecular weight is 631 g/mol. The Morgan fingerprint density at radius 2 is 1.98 bits per heavy atom. The predicted molar refractivity (Wildman–Crippen MR) is 156 cm³/mol. The molecule has 2 unspecified atom stereocenters. The zero-order chi connectivity index (χ0) is 31.7. The molecule has 0 bridgehead atoms. The van der Waals surface area contributed by atoms with Crippen molar-refractivity contribution in [3.8, 4) is 23.2 Å². The number of nitrogens with two attached hydrogens (primary N) is 1. The predicted octanol–water partition coefficient (Wildman–Crippen LogP) is 6.50. The minimum Gasteiger partial charge on any atom is -0.467 e. The molecule has 2 aliphatic rings. The first-order chi connectivity index (χ1) is 20.9. The number of alkyl halides is 3. The standard InChI is InChI=1S/C30H27F5N6O2S/c1-4-40(20-9-10-41(13(20)2)28(42)14-5-6-14)27-16-11-18(30(33,34)35)22(23(32)24(16)38-29(39-27)43-3)15-7-8-19(31)25-21(15)17(12-36)26(37)44-25/h7-8,11,13-14,20H,4-6,9-10,37H2,1-3H3. The number of likely N-dealkylation sites (N-methyl/N-ethyl adjacent to an activating group) is 1. The SMILES string of the molecule is CCN(c1nc(OC)nc2c(F)c(-c3ccc(F)c4sc(N)c(C#N)c34)c(C(F)(F)F)cc12)C1CCN(C(=O)C2CC2)C1C. The Hall–Kier alpha value is -4.25. The Balaban J connectivity index is 1.61. The van der Waals surface area contributed by atoms with Gasteiger partial charge in [-0.3, -0.25) is 4.79 Å². The van der Waals surface area contributed by atoms with Gasteiger partial charge in [0.2, 0.25) is 5.91 Å². The van der Waals surface area contributed by atoms with Crippen LogP contribution in [0.1, 0.15) is 44.2 Å². The molecule has 3 heterocycles. The first kappa shape index (κ1) is 29.8. The fourth-order valence-electron chi connectivity index (χ4n) is 6.25. The number of hydrogen-bond donors (Lipinski definition) is 1. The zero-order valence-electron chi connectivity index (χ0n) is 23.9. The molecule has 230 valence electrons. The van der Waals surface area contributed by atoms with Gasteiger partial charge in [0.05, 0.1) is 29.0 Å². The highest BCUT2D eigenvalue weighted by atomic mass is 32.1. The van der Waals surface area contributed by atoms with Crippen LogP contribution in [-0.2, 0) is 11.0 Å². The fraction of sp³-hybridized carbons (Fsp3) is 0.400. The van der Waals surface area contributed by atoms with E-state index in [9.17, 15) is 27.6 Å². The van der Waals surface area contributed by atoms with Crippen LogP contribution in [0.3, 0.4) is 0 Å². The van der Waals surface area contributed by atoms with E-state index in [1.807, 2.05) is 13.0 Å². The van der Waals surface area contributed by atoms with Crippen molar-refractivity contribution in [1.82, 2.24) is 14.9 Å². The number of nitrogen functional groups attached to an aromatic ring is 1. The number of thiophene rings is 1. The number of nitriles is 1. The average Bonchev–Trinajstić information content (AvgIpc) is 3.69. The van der Waals surface area contributed by atoms with Gasteiger partial charge >= 0.3 is 12.2 Å². The number of carbonyl (C=O) groups is 1. The molecule has 1 aliphatic carbocycles. The maximum Gasteiger partial charge on any atom is 0.417 e. The molecule has 44 heavy (non-hydrogen) atoms. The number of carbonyl (C=O) groups excluding carboxylic acids is 1. The minimum atomic E-state index is -5.07. The summed E-state index contributed by atoms with van der Waals surface area (Å²) in [4.78, 5) is 25.0. The van der Waals surface area contributed by atoms with Gasteiger partial charge in [0.1, 0.15) is 28.2 Å². The third kappa shape index (κ3) is 4.65. The third-order valence-electron chi connectivity index (χ3n) is 8.51. The van der Waals surface area contributed by atoms with Gasteiger partial charge in [-0.05, 0) is 50.8 Å². The lowest BCUT2D eigenvalue weighted by atomic mass is 9.92. The van der Waals surface area contributed by atoms with E-state index in [4.69, 9.17) is 10.5 Å². The van der Waals surface area contributed by atoms with Crippen LogP contribution < -0.4 is 15.4 Å². The topological polar surface area (TPSA) is 108 Å². The summed E-state index contributed by atoms with van der Waals surface area (Å²) in [5.41, 5.74) is 2.63. The summed E-state index contributed by atoms with van der Waals surface area (Å²) < 4.78 is 80.9. The second-order valence-corrected chi connectivity index (χ2v) is 12.0. The number of benzene rings is 2. The Labute approximate surface area is 252 Å². The number of fused-ring (bicyclic) bond motifs is 2. The van der Waals surface area contributed by atoms with Crippen molar-refractivity contribution < 1.29 is 31.5 Å². The molecule has 2 aromatic carbocycles. The van der Waals surface area contributed by atoms with Crippen LogP contribution in [0, 0.1) is 28.9 Å². The Kier molecular flexibility index (Phi) is 7.27. The maximum atomic E-state index is 16.7. The molecular weight excluding hydrogens is 603 g/mol. The molecule has 1 saturated heterocycles. The number of nitrogens with zero attached hydrogens (tertiary/aromatic N) is 5. The van der Waals surface area contributed by atoms with Crippen LogP contribution in [0.25, 0.3) is 32.1 Å². The lowest BCUT2D eigenvalue weighted by Gasteiger charge is -2.34. The Bertz CT molecular complexity index is 1870. The summed E-state index contributed by atoms with van der Waals surface area (Å²) in [7, 11) is 1.26. The summed E-state index contributed by atoms with van der Waals surface area (Å²) >= 11 is 0.695. The lowest BCUT2D eigenvalue weighted by Crippen LogP contribution is -2.46. The molecular formula is C30H27F5N6O2S. The normalized spacial score (nSPS) is 18.7. The number of amides is 1. The molecule has 4 aromatic rings. The van der Waals surface area contributed by atoms with Gasteiger partial charge in [-0.1, -0.05) is 6.07 Å². The first-order valence-electron chi connectivity index (χ1n) is 14.0. The van der Waals surface area contributed by atoms with E-state index in [2.05, 4.69) is 9.97 Å². The van der Waals surface area contributed by atoms with E-state index in [1.54, 1.807) is 16.7 Å². The molecule has 2 fully saturated rings. The van der Waals surface area contributed by atoms with E-state index in [0.29, 0.717) is 30.8 Å². The molecule has 0 spiro atoms. The van der Waals surface area contributed by atoms with Gasteiger partial charge in [0.15, 0.2) is 5.82 Å². The Morgan fingerprint density at radius 3 is 2.59 bits per heavy atom. The molecule has 14 heteroatoms. The van der Waals surface area contributed by atoms with Gasteiger partial charge in [-0.25, -0.2) is 8.78 Å². The van der Waals surface area contributed by atoms with Crippen molar-refractivity contribution >= 4 is 49.1 Å². The van der Waals surface area contributed by atoms with Crippen molar-refractivity contribution in [2.45, 2.75) is 51.4 Å². The monoisotopic (exact) mass is 630 g/mol. The van der Waals surface area contributed by atoms with Crippen molar-refractivity contribution in [3.05, 3.63) is 41.0 Å². The van der Waals surface area contributed by atoms with Gasteiger partial charge in [-0.2, -0.15) is 28.4 Å². The first-order valence-corrected chi connectivity index (χ1v) is 14.9. The largest absolute Gasteiger partial charge is 0.467 e. The number of hydrogen-bond acceptors (Lipinski definition) is 8. The van der Waals surface area contributed by atoms with Gasteiger partial charge in [0, 0.05) is 41.4 Å². The van der Waals surface area contributed by atoms with Gasteiger partial charge < -0.3 is 20.3 Å². The fourth-order valence-corrected chi connectivity index (χ4v) is 7.20. The molecule has 0 radical (unpaired) electrons. The van der Waals surface area contributed by atoms with Crippen LogP contribution >= 0.6 is 11.3 Å². The molecule has 2 atom stereocenters. The highest BCUT2D eigenvalue weighted by Gasteiger charge is 2.43. The number of methoxy groups -OCH3 is 1. The quantitative estimate of drug-likeness (QED) is 0.243. The number of aromatic nitrogens is 2. The summed E-state index contributed by atoms with van der Waals surface area (Å²) in [5, 5.41) is 9.19. The highest BCUT2D eigenvalue weighted by Crippen LogP contribution is 2.48. The van der Waals surface area contributed by atoms with Gasteiger partial charge in [-0.15, -0.1) is 11.3 Å². The van der Waals surface area contributed by atoms with E-state index < -0.39 is 34.5 Å². The molecule has 8 nitrogen and oxygen atoms in total. The van der Waals surface area contributed by atoms with Crippen LogP contribution in [0.4, 0.5) is 32.8 Å². The lowest BCUT2D eigenvalue weighted by molar-refractivity contribution is -0.137. The van der Waals surface area contributed by atoms with E-state index in [-0.39, 0.29) is 67.3 Å². The van der Waals surface area contributed by atoms with Crippen molar-refractivity contribution in [2.75, 3.05) is 30.8 Å². The smallest absolute Gasteiger partial charge is 0.417 e. The molecule has 1 saturated carbocycles. The second-order valence-electron chi connectivity index (χ2n) is 11.0. The van der Waals surface area contributed by atoms with E-state index in [1.165, 1.54) is 7.11 Å². The molecule has 2 aromatic heterocycles. The highest BCUT2D eigenvalue weighted by molar-refractivity contribution is 7.23. The van der Waals surface area contributed by atoms with Crippen LogP contribution in [0.5, 0.6) is 6.01 Å². The van der Waals surface area contributed by atoms with Crippen LogP contribution in [0.2, 0.25) is 0 Å². The summed E-state index contributed by atoms with van der Waals surface area (Å²) in [6, 6.07) is 3.67. The van der Waals surface area contributed by atoms with E-state index in [0.717, 1.165) is 31.0 Å². The summed E-state index contributed by atoms with van der Waals surface area (Å²) in [6.07, 6.45) is -2.85. The van der Waals surface area contributed by atoms with Crippen LogP contribution in [0.15, 0.2) is 18.2 Å². The number of likely N-dealkylation sites (tertiary alicyclic amines) is 1. The minimum absolute atomic E-state index is 0.00571. The third-order valence-corrected chi connectivity index (χ3v) is 9.54. The van der Waals surface area contributed by atoms with Crippen molar-refractivity contribution in [2.24, 2.45) is 5.92 Å². The summed E-state index contributed by atoms with van der Waals surface area (Å²) in [5.74, 6) is -2.04. The number of ether oxygens (including phenoxy) is 1.